The monoisotopic (exact) mass is 352 g/mol. The van der Waals surface area contributed by atoms with Crippen LogP contribution < -0.4 is 4.74 Å². The molecule has 0 aliphatic heterocycles. The third-order valence-corrected chi connectivity index (χ3v) is 3.99. The third kappa shape index (κ3) is 2.51. The predicted octanol–water partition coefficient (Wildman–Crippen LogP) is 1.98. The molecule has 0 spiro atoms. The molecular formula is C18H16N4O4. The predicted molar refractivity (Wildman–Crippen MR) is 94.3 cm³/mol. The van der Waals surface area contributed by atoms with Crippen LogP contribution in [-0.4, -0.2) is 50.7 Å². The smallest absolute Gasteiger partial charge is 0.347 e. The summed E-state index contributed by atoms with van der Waals surface area (Å²) in [5.41, 5.74) is 1.71. The van der Waals surface area contributed by atoms with E-state index in [1.807, 2.05) is 36.4 Å². The number of ether oxygens (including phenoxy) is 2. The fourth-order valence-corrected chi connectivity index (χ4v) is 2.89. The van der Waals surface area contributed by atoms with Crippen LogP contribution >= 0.6 is 0 Å². The van der Waals surface area contributed by atoms with E-state index in [1.165, 1.54) is 4.52 Å². The van der Waals surface area contributed by atoms with Crippen molar-refractivity contribution in [3.8, 4) is 5.88 Å². The molecular weight excluding hydrogens is 336 g/mol. The molecule has 2 heterocycles. The van der Waals surface area contributed by atoms with Crippen LogP contribution in [0.5, 0.6) is 5.88 Å². The summed E-state index contributed by atoms with van der Waals surface area (Å²) in [4.78, 5) is 12.4. The second-order valence-corrected chi connectivity index (χ2v) is 5.56. The molecule has 4 aromatic rings. The number of rotatable bonds is 5. The van der Waals surface area contributed by atoms with E-state index in [0.717, 1.165) is 10.8 Å². The fourth-order valence-electron chi connectivity index (χ4n) is 2.89. The van der Waals surface area contributed by atoms with Gasteiger partial charge in [0.25, 0.3) is 5.88 Å². The van der Waals surface area contributed by atoms with Crippen molar-refractivity contribution in [2.24, 2.45) is 0 Å². The minimum absolute atomic E-state index is 0.00454. The van der Waals surface area contributed by atoms with Crippen molar-refractivity contribution in [3.63, 3.8) is 0 Å². The molecule has 0 fully saturated rings. The standard InChI is InChI=1S/C18H16N4O4/c1-2-25-18(24)14-16-20-19-15-12-6-4-3-5-11(12)7-8-13(15)22(16)21-17(14)26-10-9-23/h3-8,23H,2,9-10H2,1H3. The quantitative estimate of drug-likeness (QED) is 0.433. The summed E-state index contributed by atoms with van der Waals surface area (Å²) in [6.07, 6.45) is 0. The number of esters is 1. The zero-order valence-electron chi connectivity index (χ0n) is 14.0. The summed E-state index contributed by atoms with van der Waals surface area (Å²) in [6, 6.07) is 11.7. The molecule has 0 bridgehead atoms. The Labute approximate surface area is 148 Å². The maximum absolute atomic E-state index is 12.4. The van der Waals surface area contributed by atoms with Gasteiger partial charge in [-0.05, 0) is 18.4 Å². The van der Waals surface area contributed by atoms with Gasteiger partial charge in [0.15, 0.2) is 11.2 Å². The first kappa shape index (κ1) is 16.2. The Kier molecular flexibility index (Phi) is 4.10. The largest absolute Gasteiger partial charge is 0.473 e. The molecule has 0 saturated heterocycles. The molecule has 1 N–H and O–H groups in total. The molecule has 0 unspecified atom stereocenters. The summed E-state index contributed by atoms with van der Waals surface area (Å²) in [7, 11) is 0. The number of aliphatic hydroxyl groups is 1. The number of hydrogen-bond donors (Lipinski definition) is 1. The number of fused-ring (bicyclic) bond motifs is 5. The Bertz CT molecular complexity index is 1120. The highest BCUT2D eigenvalue weighted by Crippen LogP contribution is 2.28. The average molecular weight is 352 g/mol. The molecule has 2 aromatic carbocycles. The van der Waals surface area contributed by atoms with Gasteiger partial charge in [0.1, 0.15) is 12.1 Å². The molecule has 0 saturated carbocycles. The van der Waals surface area contributed by atoms with Gasteiger partial charge in [0, 0.05) is 5.39 Å². The van der Waals surface area contributed by atoms with Crippen LogP contribution in [0.15, 0.2) is 36.4 Å². The number of aliphatic hydroxyl groups excluding tert-OH is 1. The summed E-state index contributed by atoms with van der Waals surface area (Å²) in [6.45, 7) is 1.73. The van der Waals surface area contributed by atoms with E-state index in [9.17, 15) is 4.79 Å². The van der Waals surface area contributed by atoms with Gasteiger partial charge in [-0.15, -0.1) is 15.3 Å². The van der Waals surface area contributed by atoms with Gasteiger partial charge in [0.2, 0.25) is 0 Å². The fraction of sp³-hybridized carbons (Fsp3) is 0.222. The van der Waals surface area contributed by atoms with Gasteiger partial charge in [-0.2, -0.15) is 0 Å². The summed E-state index contributed by atoms with van der Waals surface area (Å²) in [5.74, 6) is -0.530. The lowest BCUT2D eigenvalue weighted by atomic mass is 10.1. The SMILES string of the molecule is CCOC(=O)c1c(OCCO)nn2c1nnc1c3ccccc3ccc12. The number of benzene rings is 2. The molecule has 0 radical (unpaired) electrons. The number of carbonyl (C=O) groups is 1. The molecule has 0 aliphatic carbocycles. The molecule has 8 nitrogen and oxygen atoms in total. The Morgan fingerprint density at radius 2 is 2.04 bits per heavy atom. The number of hydrogen-bond acceptors (Lipinski definition) is 7. The average Bonchev–Trinajstić information content (AvgIpc) is 3.05. The van der Waals surface area contributed by atoms with Crippen molar-refractivity contribution in [3.05, 3.63) is 42.0 Å². The molecule has 26 heavy (non-hydrogen) atoms. The van der Waals surface area contributed by atoms with Gasteiger partial charge in [-0.25, -0.2) is 9.31 Å². The van der Waals surface area contributed by atoms with Crippen LogP contribution in [0, 0.1) is 0 Å². The summed E-state index contributed by atoms with van der Waals surface area (Å²) < 4.78 is 12.0. The topological polar surface area (TPSA) is 98.8 Å². The van der Waals surface area contributed by atoms with Gasteiger partial charge in [-0.1, -0.05) is 30.3 Å². The molecule has 132 valence electrons. The highest BCUT2D eigenvalue weighted by atomic mass is 16.5. The molecule has 0 aliphatic rings. The lowest BCUT2D eigenvalue weighted by molar-refractivity contribution is 0.0522. The third-order valence-electron chi connectivity index (χ3n) is 3.99. The van der Waals surface area contributed by atoms with Crippen LogP contribution in [-0.2, 0) is 4.74 Å². The Morgan fingerprint density at radius 1 is 1.19 bits per heavy atom. The van der Waals surface area contributed by atoms with Gasteiger partial charge in [0.05, 0.1) is 18.7 Å². The molecule has 0 amide bonds. The highest BCUT2D eigenvalue weighted by molar-refractivity contribution is 6.05. The zero-order valence-corrected chi connectivity index (χ0v) is 14.0. The second-order valence-electron chi connectivity index (χ2n) is 5.56. The Balaban J connectivity index is 2.01. The van der Waals surface area contributed by atoms with Crippen molar-refractivity contribution >= 4 is 33.4 Å². The van der Waals surface area contributed by atoms with E-state index < -0.39 is 5.97 Å². The van der Waals surface area contributed by atoms with Crippen molar-refractivity contribution in [1.29, 1.82) is 0 Å². The molecule has 0 atom stereocenters. The van der Waals surface area contributed by atoms with Gasteiger partial charge < -0.3 is 14.6 Å². The highest BCUT2D eigenvalue weighted by Gasteiger charge is 2.25. The number of nitrogens with zero attached hydrogens (tertiary/aromatic N) is 4. The van der Waals surface area contributed by atoms with Crippen molar-refractivity contribution in [1.82, 2.24) is 19.8 Å². The minimum Gasteiger partial charge on any atom is -0.473 e. The molecule has 2 aromatic heterocycles. The first-order valence-corrected chi connectivity index (χ1v) is 8.22. The van der Waals surface area contributed by atoms with Gasteiger partial charge >= 0.3 is 5.97 Å². The van der Waals surface area contributed by atoms with Crippen LogP contribution in [0.1, 0.15) is 17.3 Å². The van der Waals surface area contributed by atoms with E-state index in [1.54, 1.807) is 6.92 Å². The summed E-state index contributed by atoms with van der Waals surface area (Å²) in [5, 5.41) is 23.9. The Morgan fingerprint density at radius 3 is 2.85 bits per heavy atom. The normalized spacial score (nSPS) is 11.3. The number of aromatic nitrogens is 4. The Hall–Kier alpha value is -3.26. The second kappa shape index (κ2) is 6.57. The van der Waals surface area contributed by atoms with Crippen molar-refractivity contribution in [2.45, 2.75) is 6.92 Å². The van der Waals surface area contributed by atoms with Crippen molar-refractivity contribution < 1.29 is 19.4 Å². The van der Waals surface area contributed by atoms with Crippen LogP contribution in [0.2, 0.25) is 0 Å². The van der Waals surface area contributed by atoms with E-state index in [0.29, 0.717) is 11.0 Å². The van der Waals surface area contributed by atoms with E-state index >= 15 is 0 Å². The van der Waals surface area contributed by atoms with Crippen LogP contribution in [0.25, 0.3) is 27.5 Å². The van der Waals surface area contributed by atoms with Crippen LogP contribution in [0.3, 0.4) is 0 Å². The van der Waals surface area contributed by atoms with Crippen molar-refractivity contribution in [2.75, 3.05) is 19.8 Å². The summed E-state index contributed by atoms with van der Waals surface area (Å²) >= 11 is 0. The lowest BCUT2D eigenvalue weighted by Crippen LogP contribution is -2.09. The minimum atomic E-state index is -0.593. The van der Waals surface area contributed by atoms with E-state index in [2.05, 4.69) is 15.3 Å². The lowest BCUT2D eigenvalue weighted by Gasteiger charge is -2.04. The maximum Gasteiger partial charge on any atom is 0.347 e. The van der Waals surface area contributed by atoms with Crippen LogP contribution in [0.4, 0.5) is 0 Å². The van der Waals surface area contributed by atoms with Gasteiger partial charge in [-0.3, -0.25) is 0 Å². The maximum atomic E-state index is 12.4. The molecule has 4 rings (SSSR count). The first-order chi connectivity index (χ1) is 12.7. The molecule has 8 heteroatoms. The number of carbonyl (C=O) groups excluding carboxylic acids is 1. The van der Waals surface area contributed by atoms with E-state index in [4.69, 9.17) is 14.6 Å². The zero-order chi connectivity index (χ0) is 18.1. The first-order valence-electron chi connectivity index (χ1n) is 8.22. The van der Waals surface area contributed by atoms with E-state index in [-0.39, 0.29) is 36.9 Å².